The molecule has 22 heavy (non-hydrogen) atoms. The molecule has 0 aromatic carbocycles. The van der Waals surface area contributed by atoms with Gasteiger partial charge in [-0.25, -0.2) is 0 Å². The number of rotatable bonds is 0. The van der Waals surface area contributed by atoms with Crippen molar-refractivity contribution in [2.45, 2.75) is 58.2 Å². The number of fused-ring (bicyclic) bond motifs is 5. The number of allylic oxidation sites excluding steroid dienone is 3. The second-order valence-electron chi connectivity index (χ2n) is 8.60. The average Bonchev–Trinajstić information content (AvgIpc) is 2.77. The number of aliphatic hydroxyl groups excluding tert-OH is 3. The van der Waals surface area contributed by atoms with Crippen molar-refractivity contribution in [3.05, 3.63) is 24.0 Å². The zero-order valence-electron chi connectivity index (χ0n) is 13.6. The van der Waals surface area contributed by atoms with Crippen LogP contribution in [0.25, 0.3) is 0 Å². The molecule has 0 amide bonds. The van der Waals surface area contributed by atoms with Gasteiger partial charge >= 0.3 is 0 Å². The van der Waals surface area contributed by atoms with Gasteiger partial charge in [0.15, 0.2) is 0 Å². The van der Waals surface area contributed by atoms with Crippen LogP contribution in [-0.4, -0.2) is 27.5 Å². The average molecular weight is 304 g/mol. The fraction of sp³-hybridized carbons (Fsp3) is 0.789. The SMILES string of the molecule is C[C@]12C=C[C@H](O)C[C@H]1C[C@H](O)[C@@H]1[C@@H]2CC[C@]2(C)C(O)=CC[C@@H]12. The Labute approximate surface area is 132 Å². The van der Waals surface area contributed by atoms with Crippen LogP contribution in [0.5, 0.6) is 0 Å². The van der Waals surface area contributed by atoms with E-state index in [1.807, 2.05) is 12.2 Å². The first kappa shape index (κ1) is 14.8. The molecular formula is C19H28O3. The van der Waals surface area contributed by atoms with Crippen molar-refractivity contribution < 1.29 is 15.3 Å². The quantitative estimate of drug-likeness (QED) is 0.602. The smallest absolute Gasteiger partial charge is 0.0944 e. The van der Waals surface area contributed by atoms with Crippen molar-refractivity contribution in [3.8, 4) is 0 Å². The third-order valence-corrected chi connectivity index (χ3v) is 7.72. The second-order valence-corrected chi connectivity index (χ2v) is 8.60. The van der Waals surface area contributed by atoms with E-state index in [2.05, 4.69) is 19.9 Å². The Morgan fingerprint density at radius 1 is 1.14 bits per heavy atom. The Balaban J connectivity index is 1.72. The third kappa shape index (κ3) is 1.75. The topological polar surface area (TPSA) is 60.7 Å². The van der Waals surface area contributed by atoms with E-state index in [0.717, 1.165) is 32.1 Å². The monoisotopic (exact) mass is 304 g/mol. The van der Waals surface area contributed by atoms with Gasteiger partial charge in [0.1, 0.15) is 0 Å². The molecule has 0 saturated heterocycles. The minimum absolute atomic E-state index is 0.0860. The van der Waals surface area contributed by atoms with E-state index in [4.69, 9.17) is 0 Å². The van der Waals surface area contributed by atoms with Crippen molar-refractivity contribution in [2.24, 2.45) is 34.5 Å². The molecule has 0 aliphatic heterocycles. The summed E-state index contributed by atoms with van der Waals surface area (Å²) >= 11 is 0. The molecular weight excluding hydrogens is 276 g/mol. The summed E-state index contributed by atoms with van der Waals surface area (Å²) < 4.78 is 0. The van der Waals surface area contributed by atoms with Crippen LogP contribution in [0.3, 0.4) is 0 Å². The summed E-state index contributed by atoms with van der Waals surface area (Å²) in [6.45, 7) is 4.50. The first-order valence-electron chi connectivity index (χ1n) is 8.81. The molecule has 2 fully saturated rings. The zero-order valence-corrected chi connectivity index (χ0v) is 13.6. The molecule has 0 unspecified atom stereocenters. The Hall–Kier alpha value is -0.800. The van der Waals surface area contributed by atoms with Crippen LogP contribution >= 0.6 is 0 Å². The Kier molecular flexibility index (Phi) is 3.09. The highest BCUT2D eigenvalue weighted by molar-refractivity contribution is 5.24. The number of hydrogen-bond acceptors (Lipinski definition) is 3. The molecule has 2 saturated carbocycles. The summed E-state index contributed by atoms with van der Waals surface area (Å²) in [7, 11) is 0. The van der Waals surface area contributed by atoms with Crippen LogP contribution in [0.15, 0.2) is 24.0 Å². The Morgan fingerprint density at radius 2 is 1.91 bits per heavy atom. The van der Waals surface area contributed by atoms with Gasteiger partial charge in [-0.1, -0.05) is 26.0 Å². The molecule has 0 bridgehead atoms. The van der Waals surface area contributed by atoms with E-state index in [1.165, 1.54) is 0 Å². The fourth-order valence-electron chi connectivity index (χ4n) is 6.31. The van der Waals surface area contributed by atoms with Crippen LogP contribution in [0.1, 0.15) is 46.0 Å². The summed E-state index contributed by atoms with van der Waals surface area (Å²) in [6, 6.07) is 0. The van der Waals surface area contributed by atoms with E-state index in [9.17, 15) is 15.3 Å². The molecule has 4 rings (SSSR count). The molecule has 0 radical (unpaired) electrons. The lowest BCUT2D eigenvalue weighted by molar-refractivity contribution is -0.138. The molecule has 122 valence electrons. The van der Waals surface area contributed by atoms with Gasteiger partial charge in [0.2, 0.25) is 0 Å². The second kappa shape index (κ2) is 4.61. The minimum atomic E-state index is -0.354. The lowest BCUT2D eigenvalue weighted by atomic mass is 9.45. The third-order valence-electron chi connectivity index (χ3n) is 7.72. The fourth-order valence-corrected chi connectivity index (χ4v) is 6.31. The minimum Gasteiger partial charge on any atom is -0.512 e. The molecule has 0 spiro atoms. The molecule has 8 atom stereocenters. The van der Waals surface area contributed by atoms with E-state index in [-0.39, 0.29) is 29.0 Å². The van der Waals surface area contributed by atoms with Gasteiger partial charge in [0, 0.05) is 5.41 Å². The molecule has 4 aliphatic carbocycles. The predicted octanol–water partition coefficient (Wildman–Crippen LogP) is 3.19. The van der Waals surface area contributed by atoms with Gasteiger partial charge in [-0.15, -0.1) is 0 Å². The molecule has 0 heterocycles. The van der Waals surface area contributed by atoms with Gasteiger partial charge in [0.05, 0.1) is 18.0 Å². The largest absolute Gasteiger partial charge is 0.512 e. The summed E-state index contributed by atoms with van der Waals surface area (Å²) in [6.07, 6.45) is 10.0. The molecule has 4 aliphatic rings. The first-order valence-corrected chi connectivity index (χ1v) is 8.81. The van der Waals surface area contributed by atoms with Gasteiger partial charge in [-0.2, -0.15) is 0 Å². The van der Waals surface area contributed by atoms with E-state index >= 15 is 0 Å². The predicted molar refractivity (Wildman–Crippen MR) is 85.1 cm³/mol. The molecule has 0 aromatic heterocycles. The maximum absolute atomic E-state index is 10.9. The lowest BCUT2D eigenvalue weighted by Gasteiger charge is -2.60. The molecule has 0 aromatic rings. The van der Waals surface area contributed by atoms with Crippen LogP contribution < -0.4 is 0 Å². The van der Waals surface area contributed by atoms with Crippen LogP contribution in [0.4, 0.5) is 0 Å². The van der Waals surface area contributed by atoms with Crippen LogP contribution in [0.2, 0.25) is 0 Å². The van der Waals surface area contributed by atoms with Gasteiger partial charge in [-0.05, 0) is 67.3 Å². The van der Waals surface area contributed by atoms with Crippen LogP contribution in [0, 0.1) is 34.5 Å². The first-order chi connectivity index (χ1) is 10.4. The molecule has 3 N–H and O–H groups in total. The zero-order chi connectivity index (χ0) is 15.7. The summed E-state index contributed by atoms with van der Waals surface area (Å²) in [5.41, 5.74) is -0.0497. The van der Waals surface area contributed by atoms with Crippen molar-refractivity contribution in [1.29, 1.82) is 0 Å². The van der Waals surface area contributed by atoms with Gasteiger partial charge < -0.3 is 15.3 Å². The van der Waals surface area contributed by atoms with Crippen molar-refractivity contribution in [2.75, 3.05) is 0 Å². The normalized spacial score (nSPS) is 56.8. The highest BCUT2D eigenvalue weighted by Crippen LogP contribution is 2.64. The van der Waals surface area contributed by atoms with Crippen LogP contribution in [-0.2, 0) is 0 Å². The Bertz CT molecular complexity index is 539. The highest BCUT2D eigenvalue weighted by atomic mass is 16.3. The highest BCUT2D eigenvalue weighted by Gasteiger charge is 2.60. The number of aliphatic hydroxyl groups is 3. The summed E-state index contributed by atoms with van der Waals surface area (Å²) in [5.74, 6) is 2.00. The number of hydrogen-bond donors (Lipinski definition) is 3. The van der Waals surface area contributed by atoms with Crippen molar-refractivity contribution in [3.63, 3.8) is 0 Å². The molecule has 3 nitrogen and oxygen atoms in total. The Morgan fingerprint density at radius 3 is 2.68 bits per heavy atom. The lowest BCUT2D eigenvalue weighted by Crippen LogP contribution is -2.57. The van der Waals surface area contributed by atoms with Gasteiger partial charge in [-0.3, -0.25) is 0 Å². The van der Waals surface area contributed by atoms with Gasteiger partial charge in [0.25, 0.3) is 0 Å². The maximum Gasteiger partial charge on any atom is 0.0944 e. The van der Waals surface area contributed by atoms with E-state index in [0.29, 0.717) is 23.5 Å². The molecule has 3 heteroatoms. The van der Waals surface area contributed by atoms with E-state index in [1.54, 1.807) is 0 Å². The van der Waals surface area contributed by atoms with Crippen molar-refractivity contribution in [1.82, 2.24) is 0 Å². The summed E-state index contributed by atoms with van der Waals surface area (Å²) in [5, 5.41) is 31.2. The van der Waals surface area contributed by atoms with E-state index < -0.39 is 0 Å². The maximum atomic E-state index is 10.9. The standard InChI is InChI=1S/C19H28O3/c1-18-7-5-12(20)9-11(18)10-15(21)17-13-3-4-16(22)19(13,2)8-6-14(17)18/h4-5,7,11-15,17,20-22H,3,6,8-10H2,1-2H3/t11-,12-,13-,14-,15-,17-,18-,19-/m0/s1. The summed E-state index contributed by atoms with van der Waals surface area (Å²) in [4.78, 5) is 0. The van der Waals surface area contributed by atoms with Crippen molar-refractivity contribution >= 4 is 0 Å².